The summed E-state index contributed by atoms with van der Waals surface area (Å²) in [7, 11) is 1.31. The maximum Gasteiger partial charge on any atom is 0.358 e. The molecule has 2 fully saturated rings. The summed E-state index contributed by atoms with van der Waals surface area (Å²) in [6.07, 6.45) is 1.19. The van der Waals surface area contributed by atoms with Crippen molar-refractivity contribution in [3.8, 4) is 0 Å². The summed E-state index contributed by atoms with van der Waals surface area (Å²) in [4.78, 5) is 11.2. The zero-order valence-corrected chi connectivity index (χ0v) is 10.6. The van der Waals surface area contributed by atoms with Gasteiger partial charge in [-0.05, 0) is 18.6 Å². The summed E-state index contributed by atoms with van der Waals surface area (Å²) in [6.45, 7) is 0.772. The highest BCUT2D eigenvalue weighted by Crippen LogP contribution is 2.38. The number of nitrogens with two attached hydrogens (primary N) is 1. The van der Waals surface area contributed by atoms with Crippen molar-refractivity contribution < 1.29 is 14.3 Å². The van der Waals surface area contributed by atoms with Crippen LogP contribution >= 0.6 is 0 Å². The average Bonchev–Trinajstić information content (AvgIpc) is 2.89. The minimum Gasteiger partial charge on any atom is -0.464 e. The molecule has 3 N–H and O–H groups in total. The summed E-state index contributed by atoms with van der Waals surface area (Å²) >= 11 is 0. The SMILES string of the molecule is COC(=O)c1ccc(NC2C(N)C3CCOC32)nn1. The van der Waals surface area contributed by atoms with Gasteiger partial charge < -0.3 is 20.5 Å². The number of ether oxygens (including phenoxy) is 2. The molecule has 0 aromatic carbocycles. The number of esters is 1. The molecule has 7 nitrogen and oxygen atoms in total. The molecule has 1 saturated carbocycles. The molecule has 1 aromatic rings. The highest BCUT2D eigenvalue weighted by molar-refractivity contribution is 5.86. The number of fused-ring (bicyclic) bond motifs is 1. The van der Waals surface area contributed by atoms with Gasteiger partial charge in [0, 0.05) is 18.6 Å². The summed E-state index contributed by atoms with van der Waals surface area (Å²) < 4.78 is 10.2. The van der Waals surface area contributed by atoms with E-state index < -0.39 is 5.97 Å². The van der Waals surface area contributed by atoms with Crippen LogP contribution in [0.1, 0.15) is 16.9 Å². The number of aromatic nitrogens is 2. The van der Waals surface area contributed by atoms with Crippen molar-refractivity contribution in [1.29, 1.82) is 0 Å². The molecule has 0 bridgehead atoms. The Morgan fingerprint density at radius 1 is 1.53 bits per heavy atom. The zero-order chi connectivity index (χ0) is 13.4. The first kappa shape index (κ1) is 12.3. The lowest BCUT2D eigenvalue weighted by Gasteiger charge is -2.45. The number of hydrogen-bond donors (Lipinski definition) is 2. The molecule has 2 heterocycles. The molecule has 3 rings (SSSR count). The van der Waals surface area contributed by atoms with Gasteiger partial charge in [-0.1, -0.05) is 0 Å². The highest BCUT2D eigenvalue weighted by atomic mass is 16.5. The Balaban J connectivity index is 1.66. The number of nitrogens with one attached hydrogen (secondary N) is 1. The number of anilines is 1. The van der Waals surface area contributed by atoms with E-state index in [1.54, 1.807) is 12.1 Å². The summed E-state index contributed by atoms with van der Waals surface area (Å²) in [6, 6.07) is 3.40. The van der Waals surface area contributed by atoms with Gasteiger partial charge >= 0.3 is 5.97 Å². The van der Waals surface area contributed by atoms with Crippen molar-refractivity contribution in [1.82, 2.24) is 10.2 Å². The van der Waals surface area contributed by atoms with Gasteiger partial charge in [-0.3, -0.25) is 0 Å². The summed E-state index contributed by atoms with van der Waals surface area (Å²) in [5.41, 5.74) is 6.27. The first-order valence-electron chi connectivity index (χ1n) is 6.26. The Bertz CT molecular complexity index is 478. The topological polar surface area (TPSA) is 99.4 Å². The maximum atomic E-state index is 11.2. The van der Waals surface area contributed by atoms with Crippen LogP contribution in [0.4, 0.5) is 5.82 Å². The monoisotopic (exact) mass is 264 g/mol. The minimum atomic E-state index is -0.501. The molecule has 1 aliphatic heterocycles. The normalized spacial score (nSPS) is 32.3. The van der Waals surface area contributed by atoms with Crippen molar-refractivity contribution in [3.63, 3.8) is 0 Å². The molecule has 1 aromatic heterocycles. The van der Waals surface area contributed by atoms with Gasteiger partial charge in [0.1, 0.15) is 5.82 Å². The van der Waals surface area contributed by atoms with Gasteiger partial charge in [0.25, 0.3) is 0 Å². The largest absolute Gasteiger partial charge is 0.464 e. The van der Waals surface area contributed by atoms with E-state index in [0.717, 1.165) is 13.0 Å². The third-order valence-electron chi connectivity index (χ3n) is 3.82. The number of nitrogens with zero attached hydrogens (tertiary/aromatic N) is 2. The molecule has 1 aliphatic carbocycles. The van der Waals surface area contributed by atoms with Gasteiger partial charge in [0.05, 0.1) is 19.3 Å². The molecule has 4 unspecified atom stereocenters. The molecule has 0 amide bonds. The highest BCUT2D eigenvalue weighted by Gasteiger charge is 2.52. The first-order chi connectivity index (χ1) is 9.20. The van der Waals surface area contributed by atoms with Gasteiger partial charge in [-0.15, -0.1) is 10.2 Å². The Kier molecular flexibility index (Phi) is 3.08. The summed E-state index contributed by atoms with van der Waals surface area (Å²) in [5, 5.41) is 11.0. The van der Waals surface area contributed by atoms with Crippen LogP contribution in [-0.4, -0.2) is 48.1 Å². The lowest BCUT2D eigenvalue weighted by Crippen LogP contribution is -2.65. The molecule has 7 heteroatoms. The molecular weight excluding hydrogens is 248 g/mol. The number of methoxy groups -OCH3 is 1. The van der Waals surface area contributed by atoms with Gasteiger partial charge in [-0.25, -0.2) is 4.79 Å². The van der Waals surface area contributed by atoms with Gasteiger partial charge in [0.15, 0.2) is 5.69 Å². The second kappa shape index (κ2) is 4.75. The Morgan fingerprint density at radius 3 is 3.05 bits per heavy atom. The standard InChI is InChI=1S/C12H16N4O3/c1-18-12(17)7-2-3-8(16-15-7)14-10-9(13)6-4-5-19-11(6)10/h2-3,6,9-11H,4-5,13H2,1H3,(H,14,16). The number of hydrogen-bond acceptors (Lipinski definition) is 7. The van der Waals surface area contributed by atoms with E-state index in [2.05, 4.69) is 20.3 Å². The maximum absolute atomic E-state index is 11.2. The lowest BCUT2D eigenvalue weighted by molar-refractivity contribution is 0.00520. The third kappa shape index (κ3) is 2.04. The smallest absolute Gasteiger partial charge is 0.358 e. The zero-order valence-electron chi connectivity index (χ0n) is 10.6. The quantitative estimate of drug-likeness (QED) is 0.729. The van der Waals surface area contributed by atoms with E-state index in [4.69, 9.17) is 10.5 Å². The van der Waals surface area contributed by atoms with E-state index in [9.17, 15) is 4.79 Å². The molecule has 19 heavy (non-hydrogen) atoms. The number of carbonyl (C=O) groups excluding carboxylic acids is 1. The van der Waals surface area contributed by atoms with Crippen molar-refractivity contribution in [2.45, 2.75) is 24.6 Å². The van der Waals surface area contributed by atoms with E-state index in [1.165, 1.54) is 7.11 Å². The molecule has 2 aliphatic rings. The fourth-order valence-electron chi connectivity index (χ4n) is 2.72. The molecule has 0 spiro atoms. The van der Waals surface area contributed by atoms with E-state index in [-0.39, 0.29) is 23.9 Å². The third-order valence-corrected chi connectivity index (χ3v) is 3.82. The lowest BCUT2D eigenvalue weighted by atomic mass is 9.72. The van der Waals surface area contributed by atoms with Crippen molar-refractivity contribution >= 4 is 11.8 Å². The van der Waals surface area contributed by atoms with Gasteiger partial charge in [0.2, 0.25) is 0 Å². The van der Waals surface area contributed by atoms with Crippen LogP contribution in [0.25, 0.3) is 0 Å². The van der Waals surface area contributed by atoms with Crippen LogP contribution in [0.3, 0.4) is 0 Å². The number of carbonyl (C=O) groups is 1. The summed E-state index contributed by atoms with van der Waals surface area (Å²) in [5.74, 6) is 0.528. The Hall–Kier alpha value is -1.73. The van der Waals surface area contributed by atoms with Crippen LogP contribution in [0.5, 0.6) is 0 Å². The molecule has 102 valence electrons. The molecule has 0 radical (unpaired) electrons. The van der Waals surface area contributed by atoms with E-state index in [0.29, 0.717) is 11.7 Å². The van der Waals surface area contributed by atoms with Crippen LogP contribution in [0.2, 0.25) is 0 Å². The molecule has 4 atom stereocenters. The minimum absolute atomic E-state index is 0.0609. The van der Waals surface area contributed by atoms with Crippen molar-refractivity contribution in [3.05, 3.63) is 17.8 Å². The second-order valence-corrected chi connectivity index (χ2v) is 4.83. The second-order valence-electron chi connectivity index (χ2n) is 4.83. The van der Waals surface area contributed by atoms with Crippen molar-refractivity contribution in [2.24, 2.45) is 11.7 Å². The fourth-order valence-corrected chi connectivity index (χ4v) is 2.72. The van der Waals surface area contributed by atoms with Gasteiger partial charge in [-0.2, -0.15) is 0 Å². The fraction of sp³-hybridized carbons (Fsp3) is 0.583. The molecule has 1 saturated heterocycles. The van der Waals surface area contributed by atoms with E-state index in [1.807, 2.05) is 0 Å². The predicted octanol–water partition coefficient (Wildman–Crippen LogP) is -0.210. The van der Waals surface area contributed by atoms with Crippen LogP contribution < -0.4 is 11.1 Å². The average molecular weight is 264 g/mol. The molecular formula is C12H16N4O3. The first-order valence-corrected chi connectivity index (χ1v) is 6.26. The Labute approximate surface area is 110 Å². The predicted molar refractivity (Wildman–Crippen MR) is 66.6 cm³/mol. The van der Waals surface area contributed by atoms with Crippen LogP contribution in [0.15, 0.2) is 12.1 Å². The number of rotatable bonds is 3. The Morgan fingerprint density at radius 2 is 2.37 bits per heavy atom. The van der Waals surface area contributed by atoms with Crippen molar-refractivity contribution in [2.75, 3.05) is 19.0 Å². The van der Waals surface area contributed by atoms with Crippen LogP contribution in [-0.2, 0) is 9.47 Å². The van der Waals surface area contributed by atoms with Crippen LogP contribution in [0, 0.1) is 5.92 Å². The van der Waals surface area contributed by atoms with E-state index >= 15 is 0 Å².